The van der Waals surface area contributed by atoms with E-state index in [-0.39, 0.29) is 23.9 Å². The van der Waals surface area contributed by atoms with Gasteiger partial charge in [0.05, 0.1) is 17.7 Å². The Labute approximate surface area is 159 Å². The standard InChI is InChI=1S/C17H25N5O4S/c1-18-16(14-11-20-22(2)12-14)17(23)19-10-13-4-6-15(7-5-13)27(24,25)21-8-9-26-3/h4-7,11-12,16,18,21H,8-10H2,1-3H3,(H,19,23). The maximum Gasteiger partial charge on any atom is 0.242 e. The number of nitrogens with one attached hydrogen (secondary N) is 3. The molecule has 27 heavy (non-hydrogen) atoms. The third-order valence-corrected chi connectivity index (χ3v) is 5.38. The zero-order valence-corrected chi connectivity index (χ0v) is 16.4. The van der Waals surface area contributed by atoms with Crippen LogP contribution in [0.2, 0.25) is 0 Å². The maximum atomic E-state index is 12.4. The predicted octanol–water partition coefficient (Wildman–Crippen LogP) is -0.0783. The number of carbonyl (C=O) groups excluding carboxylic acids is 1. The minimum atomic E-state index is -3.57. The molecule has 0 saturated heterocycles. The van der Waals surface area contributed by atoms with Gasteiger partial charge in [0.1, 0.15) is 6.04 Å². The molecule has 0 bridgehead atoms. The van der Waals surface area contributed by atoms with Crippen molar-refractivity contribution < 1.29 is 17.9 Å². The Morgan fingerprint density at radius 2 is 2.00 bits per heavy atom. The van der Waals surface area contributed by atoms with Crippen molar-refractivity contribution in [2.24, 2.45) is 7.05 Å². The quantitative estimate of drug-likeness (QED) is 0.485. The Bertz CT molecular complexity index is 848. The Morgan fingerprint density at radius 1 is 1.30 bits per heavy atom. The number of amides is 1. The van der Waals surface area contributed by atoms with Gasteiger partial charge in [0.25, 0.3) is 0 Å². The average Bonchev–Trinajstić information content (AvgIpc) is 3.07. The highest BCUT2D eigenvalue weighted by Crippen LogP contribution is 2.13. The van der Waals surface area contributed by atoms with Crippen LogP contribution in [0.5, 0.6) is 0 Å². The summed E-state index contributed by atoms with van der Waals surface area (Å²) in [7, 11) is 1.42. The number of aromatic nitrogens is 2. The van der Waals surface area contributed by atoms with Crippen molar-refractivity contribution in [1.29, 1.82) is 0 Å². The van der Waals surface area contributed by atoms with Crippen LogP contribution in [0.4, 0.5) is 0 Å². The summed E-state index contributed by atoms with van der Waals surface area (Å²) in [5.41, 5.74) is 1.56. The van der Waals surface area contributed by atoms with E-state index < -0.39 is 16.1 Å². The molecule has 1 aromatic carbocycles. The van der Waals surface area contributed by atoms with Crippen molar-refractivity contribution >= 4 is 15.9 Å². The molecule has 148 valence electrons. The van der Waals surface area contributed by atoms with Crippen molar-refractivity contribution in [3.63, 3.8) is 0 Å². The summed E-state index contributed by atoms with van der Waals surface area (Å²) >= 11 is 0. The molecule has 2 rings (SSSR count). The summed E-state index contributed by atoms with van der Waals surface area (Å²) in [6, 6.07) is 5.84. The molecule has 0 aliphatic rings. The summed E-state index contributed by atoms with van der Waals surface area (Å²) < 4.78 is 33.2. The van der Waals surface area contributed by atoms with Gasteiger partial charge in [-0.2, -0.15) is 5.10 Å². The zero-order chi connectivity index (χ0) is 19.9. The smallest absolute Gasteiger partial charge is 0.242 e. The summed E-state index contributed by atoms with van der Waals surface area (Å²) in [5, 5.41) is 9.87. The highest BCUT2D eigenvalue weighted by molar-refractivity contribution is 7.89. The largest absolute Gasteiger partial charge is 0.383 e. The van der Waals surface area contributed by atoms with E-state index in [1.807, 2.05) is 0 Å². The average molecular weight is 395 g/mol. The van der Waals surface area contributed by atoms with Crippen LogP contribution in [0, 0.1) is 0 Å². The Hall–Kier alpha value is -2.27. The SMILES string of the molecule is CNC(C(=O)NCc1ccc(S(=O)(=O)NCCOC)cc1)c1cnn(C)c1. The zero-order valence-electron chi connectivity index (χ0n) is 15.6. The monoisotopic (exact) mass is 395 g/mol. The Kier molecular flexibility index (Phi) is 7.48. The van der Waals surface area contributed by atoms with Gasteiger partial charge >= 0.3 is 0 Å². The molecule has 1 atom stereocenters. The molecule has 10 heteroatoms. The first-order valence-corrected chi connectivity index (χ1v) is 9.86. The predicted molar refractivity (Wildman–Crippen MR) is 100 cm³/mol. The summed E-state index contributed by atoms with van der Waals surface area (Å²) in [4.78, 5) is 12.6. The van der Waals surface area contributed by atoms with Crippen molar-refractivity contribution in [2.75, 3.05) is 27.3 Å². The van der Waals surface area contributed by atoms with Crippen LogP contribution in [0.1, 0.15) is 17.2 Å². The number of hydrogen-bond acceptors (Lipinski definition) is 6. The van der Waals surface area contributed by atoms with Crippen LogP contribution < -0.4 is 15.4 Å². The van der Waals surface area contributed by atoms with Crippen LogP contribution in [0.3, 0.4) is 0 Å². The van der Waals surface area contributed by atoms with Crippen molar-refractivity contribution in [2.45, 2.75) is 17.5 Å². The second-order valence-electron chi connectivity index (χ2n) is 5.92. The van der Waals surface area contributed by atoms with Crippen LogP contribution in [-0.2, 0) is 33.1 Å². The van der Waals surface area contributed by atoms with Gasteiger partial charge in [-0.3, -0.25) is 9.48 Å². The minimum Gasteiger partial charge on any atom is -0.383 e. The van der Waals surface area contributed by atoms with Gasteiger partial charge in [-0.15, -0.1) is 0 Å². The topological polar surface area (TPSA) is 114 Å². The third-order valence-electron chi connectivity index (χ3n) is 3.91. The molecule has 1 amide bonds. The van der Waals surface area contributed by atoms with Gasteiger partial charge in [0.15, 0.2) is 0 Å². The van der Waals surface area contributed by atoms with Crippen LogP contribution in [0.25, 0.3) is 0 Å². The molecule has 0 aliphatic carbocycles. The van der Waals surface area contributed by atoms with E-state index in [2.05, 4.69) is 20.5 Å². The second kappa shape index (κ2) is 9.60. The van der Waals surface area contributed by atoms with Gasteiger partial charge in [-0.25, -0.2) is 13.1 Å². The van der Waals surface area contributed by atoms with E-state index in [0.29, 0.717) is 6.61 Å². The van der Waals surface area contributed by atoms with E-state index in [1.54, 1.807) is 43.3 Å². The molecule has 3 N–H and O–H groups in total. The summed E-state index contributed by atoms with van der Waals surface area (Å²) in [6.07, 6.45) is 3.41. The number of nitrogens with zero attached hydrogens (tertiary/aromatic N) is 2. The number of rotatable bonds is 10. The molecule has 1 aromatic heterocycles. The molecular weight excluding hydrogens is 370 g/mol. The van der Waals surface area contributed by atoms with E-state index in [0.717, 1.165) is 11.1 Å². The number of aryl methyl sites for hydroxylation is 1. The van der Waals surface area contributed by atoms with Crippen LogP contribution in [-0.4, -0.2) is 51.4 Å². The molecule has 0 spiro atoms. The molecule has 0 fully saturated rings. The number of likely N-dealkylation sites (N-methyl/N-ethyl adjacent to an activating group) is 1. The van der Waals surface area contributed by atoms with Crippen LogP contribution >= 0.6 is 0 Å². The fourth-order valence-corrected chi connectivity index (χ4v) is 3.49. The van der Waals surface area contributed by atoms with Gasteiger partial charge in [0, 0.05) is 39.0 Å². The normalized spacial score (nSPS) is 12.7. The first-order valence-electron chi connectivity index (χ1n) is 8.38. The molecule has 9 nitrogen and oxygen atoms in total. The second-order valence-corrected chi connectivity index (χ2v) is 7.69. The van der Waals surface area contributed by atoms with Crippen molar-refractivity contribution in [1.82, 2.24) is 25.1 Å². The Morgan fingerprint density at radius 3 is 2.56 bits per heavy atom. The number of ether oxygens (including phenoxy) is 1. The molecule has 1 unspecified atom stereocenters. The van der Waals surface area contributed by atoms with E-state index in [1.165, 1.54) is 19.2 Å². The summed E-state index contributed by atoms with van der Waals surface area (Å²) in [5.74, 6) is -0.191. The number of methoxy groups -OCH3 is 1. The molecule has 0 aliphatic heterocycles. The number of sulfonamides is 1. The number of carbonyl (C=O) groups is 1. The van der Waals surface area contributed by atoms with Crippen molar-refractivity contribution in [3.8, 4) is 0 Å². The molecular formula is C17H25N5O4S. The highest BCUT2D eigenvalue weighted by atomic mass is 32.2. The van der Waals surface area contributed by atoms with E-state index in [4.69, 9.17) is 4.74 Å². The fraction of sp³-hybridized carbons (Fsp3) is 0.412. The highest BCUT2D eigenvalue weighted by Gasteiger charge is 2.20. The van der Waals surface area contributed by atoms with Gasteiger partial charge in [-0.1, -0.05) is 12.1 Å². The minimum absolute atomic E-state index is 0.164. The lowest BCUT2D eigenvalue weighted by molar-refractivity contribution is -0.123. The first-order chi connectivity index (χ1) is 12.9. The van der Waals surface area contributed by atoms with Gasteiger partial charge in [0.2, 0.25) is 15.9 Å². The summed E-state index contributed by atoms with van der Waals surface area (Å²) in [6.45, 7) is 0.790. The molecule has 2 aromatic rings. The maximum absolute atomic E-state index is 12.4. The van der Waals surface area contributed by atoms with E-state index >= 15 is 0 Å². The Balaban J connectivity index is 1.95. The lowest BCUT2D eigenvalue weighted by Crippen LogP contribution is -2.35. The first kappa shape index (κ1) is 21.0. The van der Waals surface area contributed by atoms with E-state index in [9.17, 15) is 13.2 Å². The van der Waals surface area contributed by atoms with Gasteiger partial charge < -0.3 is 15.4 Å². The fourth-order valence-electron chi connectivity index (χ4n) is 2.48. The number of benzene rings is 1. The van der Waals surface area contributed by atoms with Crippen LogP contribution in [0.15, 0.2) is 41.6 Å². The molecule has 0 radical (unpaired) electrons. The lowest BCUT2D eigenvalue weighted by atomic mass is 10.1. The molecule has 0 saturated carbocycles. The van der Waals surface area contributed by atoms with Crippen molar-refractivity contribution in [3.05, 3.63) is 47.8 Å². The lowest BCUT2D eigenvalue weighted by Gasteiger charge is -2.14. The van der Waals surface area contributed by atoms with Gasteiger partial charge in [-0.05, 0) is 24.7 Å². The third kappa shape index (κ3) is 5.86. The number of hydrogen-bond donors (Lipinski definition) is 3. The molecule has 1 heterocycles.